The van der Waals surface area contributed by atoms with Gasteiger partial charge >= 0.3 is 0 Å². The van der Waals surface area contributed by atoms with Crippen LogP contribution < -0.4 is 5.56 Å². The number of hydrogen-bond donors (Lipinski definition) is 0. The van der Waals surface area contributed by atoms with Crippen LogP contribution in [-0.2, 0) is 11.3 Å². The molecule has 3 aromatic rings. The van der Waals surface area contributed by atoms with Gasteiger partial charge in [-0.25, -0.2) is 4.98 Å². The van der Waals surface area contributed by atoms with Gasteiger partial charge in [0.1, 0.15) is 0 Å². The third-order valence-corrected chi connectivity index (χ3v) is 5.61. The number of para-hydroxylation sites is 1. The van der Waals surface area contributed by atoms with E-state index < -0.39 is 0 Å². The Bertz CT molecular complexity index is 1030. The van der Waals surface area contributed by atoms with Gasteiger partial charge in [-0.05, 0) is 38.5 Å². The predicted octanol–water partition coefficient (Wildman–Crippen LogP) is 4.12. The molecule has 0 N–H and O–H groups in total. The molecule has 1 atom stereocenters. The number of fused-ring (bicyclic) bond motifs is 1. The Labute approximate surface area is 169 Å². The summed E-state index contributed by atoms with van der Waals surface area (Å²) in [7, 11) is 1.80. The Morgan fingerprint density at radius 3 is 2.39 bits per heavy atom. The zero-order valence-electron chi connectivity index (χ0n) is 16.6. The van der Waals surface area contributed by atoms with Crippen molar-refractivity contribution in [2.75, 3.05) is 7.05 Å². The SMILES string of the molecule is CC(C)n1c(S[C@@H](C)C(=O)N(C)Cc2ccccc2)nc2ccccc2c1=O. The number of rotatable bonds is 6. The lowest BCUT2D eigenvalue weighted by Gasteiger charge is -2.23. The summed E-state index contributed by atoms with van der Waals surface area (Å²) in [4.78, 5) is 32.2. The summed E-state index contributed by atoms with van der Waals surface area (Å²) >= 11 is 1.34. The third-order valence-electron chi connectivity index (χ3n) is 4.56. The van der Waals surface area contributed by atoms with E-state index in [1.54, 1.807) is 22.6 Å². The van der Waals surface area contributed by atoms with Crippen molar-refractivity contribution in [3.8, 4) is 0 Å². The molecule has 2 aromatic carbocycles. The monoisotopic (exact) mass is 395 g/mol. The molecule has 0 radical (unpaired) electrons. The number of hydrogen-bond acceptors (Lipinski definition) is 4. The molecule has 0 fully saturated rings. The number of aromatic nitrogens is 2. The van der Waals surface area contributed by atoms with E-state index in [1.807, 2.05) is 69.3 Å². The van der Waals surface area contributed by atoms with Crippen molar-refractivity contribution in [2.45, 2.75) is 43.8 Å². The van der Waals surface area contributed by atoms with Crippen LogP contribution in [0, 0.1) is 0 Å². The quantitative estimate of drug-likeness (QED) is 0.465. The molecule has 3 rings (SSSR count). The zero-order chi connectivity index (χ0) is 20.3. The van der Waals surface area contributed by atoms with Crippen LogP contribution in [0.3, 0.4) is 0 Å². The minimum absolute atomic E-state index is 0.00608. The van der Waals surface area contributed by atoms with Gasteiger partial charge in [0.15, 0.2) is 5.16 Å². The van der Waals surface area contributed by atoms with Gasteiger partial charge in [-0.3, -0.25) is 14.2 Å². The average molecular weight is 396 g/mol. The molecule has 0 aliphatic carbocycles. The Kier molecular flexibility index (Phi) is 6.19. The predicted molar refractivity (Wildman–Crippen MR) is 115 cm³/mol. The minimum atomic E-state index is -0.355. The second-order valence-electron chi connectivity index (χ2n) is 7.12. The Morgan fingerprint density at radius 1 is 1.07 bits per heavy atom. The maximum Gasteiger partial charge on any atom is 0.262 e. The molecule has 0 unspecified atom stereocenters. The van der Waals surface area contributed by atoms with Crippen molar-refractivity contribution in [1.29, 1.82) is 0 Å². The Balaban J connectivity index is 1.85. The smallest absolute Gasteiger partial charge is 0.262 e. The van der Waals surface area contributed by atoms with Gasteiger partial charge in [-0.2, -0.15) is 0 Å². The molecule has 0 saturated heterocycles. The molecule has 5 nitrogen and oxygen atoms in total. The van der Waals surface area contributed by atoms with Gasteiger partial charge in [0.25, 0.3) is 5.56 Å². The lowest BCUT2D eigenvalue weighted by molar-refractivity contribution is -0.129. The minimum Gasteiger partial charge on any atom is -0.340 e. The molecule has 0 aliphatic rings. The fourth-order valence-corrected chi connectivity index (χ4v) is 4.27. The van der Waals surface area contributed by atoms with Gasteiger partial charge < -0.3 is 4.90 Å². The van der Waals surface area contributed by atoms with Gasteiger partial charge in [0.05, 0.1) is 16.2 Å². The first-order valence-corrected chi connectivity index (χ1v) is 10.2. The molecule has 0 spiro atoms. The highest BCUT2D eigenvalue weighted by molar-refractivity contribution is 8.00. The highest BCUT2D eigenvalue weighted by atomic mass is 32.2. The highest BCUT2D eigenvalue weighted by Gasteiger charge is 2.23. The van der Waals surface area contributed by atoms with E-state index in [0.29, 0.717) is 22.6 Å². The van der Waals surface area contributed by atoms with Crippen LogP contribution in [0.15, 0.2) is 64.5 Å². The zero-order valence-corrected chi connectivity index (χ0v) is 17.4. The maximum atomic E-state index is 12.9. The molecule has 146 valence electrons. The molecular weight excluding hydrogens is 370 g/mol. The second kappa shape index (κ2) is 8.61. The average Bonchev–Trinajstić information content (AvgIpc) is 2.68. The number of benzene rings is 2. The van der Waals surface area contributed by atoms with E-state index in [4.69, 9.17) is 0 Å². The highest BCUT2D eigenvalue weighted by Crippen LogP contribution is 2.26. The first-order chi connectivity index (χ1) is 13.4. The number of nitrogens with zero attached hydrogens (tertiary/aromatic N) is 3. The van der Waals surface area contributed by atoms with Gasteiger partial charge in [-0.15, -0.1) is 0 Å². The summed E-state index contributed by atoms with van der Waals surface area (Å²) in [6.07, 6.45) is 0. The third kappa shape index (κ3) is 4.28. The molecule has 0 saturated carbocycles. The topological polar surface area (TPSA) is 55.2 Å². The van der Waals surface area contributed by atoms with Crippen LogP contribution in [0.25, 0.3) is 10.9 Å². The molecule has 0 aliphatic heterocycles. The molecule has 1 aromatic heterocycles. The van der Waals surface area contributed by atoms with Gasteiger partial charge in [0.2, 0.25) is 5.91 Å². The van der Waals surface area contributed by atoms with E-state index in [-0.39, 0.29) is 22.8 Å². The van der Waals surface area contributed by atoms with Gasteiger partial charge in [0, 0.05) is 19.6 Å². The largest absolute Gasteiger partial charge is 0.340 e. The van der Waals surface area contributed by atoms with Crippen molar-refractivity contribution in [1.82, 2.24) is 14.5 Å². The molecule has 0 bridgehead atoms. The summed E-state index contributed by atoms with van der Waals surface area (Å²) in [6, 6.07) is 17.2. The summed E-state index contributed by atoms with van der Waals surface area (Å²) in [5.41, 5.74) is 1.67. The number of amides is 1. The van der Waals surface area contributed by atoms with Crippen molar-refractivity contribution in [3.63, 3.8) is 0 Å². The van der Waals surface area contributed by atoms with E-state index >= 15 is 0 Å². The molecular formula is C22H25N3O2S. The second-order valence-corrected chi connectivity index (χ2v) is 8.43. The van der Waals surface area contributed by atoms with Gasteiger partial charge in [-0.1, -0.05) is 54.2 Å². The summed E-state index contributed by atoms with van der Waals surface area (Å²) in [6.45, 7) is 6.32. The van der Waals surface area contributed by atoms with E-state index in [2.05, 4.69) is 4.98 Å². The van der Waals surface area contributed by atoms with Crippen LogP contribution in [-0.4, -0.2) is 32.7 Å². The van der Waals surface area contributed by atoms with Crippen molar-refractivity contribution >= 4 is 28.6 Å². The first-order valence-electron chi connectivity index (χ1n) is 9.35. The first kappa shape index (κ1) is 20.1. The number of thioether (sulfide) groups is 1. The van der Waals surface area contributed by atoms with Crippen molar-refractivity contribution < 1.29 is 4.79 Å². The van der Waals surface area contributed by atoms with Crippen LogP contribution in [0.5, 0.6) is 0 Å². The van der Waals surface area contributed by atoms with Crippen molar-refractivity contribution in [2.24, 2.45) is 0 Å². The molecule has 28 heavy (non-hydrogen) atoms. The summed E-state index contributed by atoms with van der Waals surface area (Å²) in [5.74, 6) is 0.00608. The Morgan fingerprint density at radius 2 is 1.71 bits per heavy atom. The van der Waals surface area contributed by atoms with E-state index in [1.165, 1.54) is 11.8 Å². The van der Waals surface area contributed by atoms with E-state index in [9.17, 15) is 9.59 Å². The fourth-order valence-electron chi connectivity index (χ4n) is 3.12. The maximum absolute atomic E-state index is 12.9. The fraction of sp³-hybridized carbons (Fsp3) is 0.318. The lowest BCUT2D eigenvalue weighted by Crippen LogP contribution is -2.33. The van der Waals surface area contributed by atoms with Crippen LogP contribution >= 0.6 is 11.8 Å². The number of carbonyl (C=O) groups is 1. The molecule has 1 heterocycles. The van der Waals surface area contributed by atoms with Crippen LogP contribution in [0.4, 0.5) is 0 Å². The van der Waals surface area contributed by atoms with E-state index in [0.717, 1.165) is 5.56 Å². The lowest BCUT2D eigenvalue weighted by atomic mass is 10.2. The summed E-state index contributed by atoms with van der Waals surface area (Å²) in [5, 5.41) is 0.820. The summed E-state index contributed by atoms with van der Waals surface area (Å²) < 4.78 is 1.67. The molecule has 1 amide bonds. The number of carbonyl (C=O) groups excluding carboxylic acids is 1. The van der Waals surface area contributed by atoms with Crippen molar-refractivity contribution in [3.05, 3.63) is 70.5 Å². The Hall–Kier alpha value is -2.60. The van der Waals surface area contributed by atoms with Crippen LogP contribution in [0.1, 0.15) is 32.4 Å². The molecule has 6 heteroatoms. The normalized spacial score (nSPS) is 12.3. The van der Waals surface area contributed by atoms with Crippen LogP contribution in [0.2, 0.25) is 0 Å². The standard InChI is InChI=1S/C22H25N3O2S/c1-15(2)25-21(27)18-12-8-9-13-19(18)23-22(25)28-16(3)20(26)24(4)14-17-10-6-5-7-11-17/h5-13,15-16H,14H2,1-4H3/t16-/m0/s1.